The lowest BCUT2D eigenvalue weighted by atomic mass is 10.2. The zero-order chi connectivity index (χ0) is 8.69. The molecule has 1 aromatic carbocycles. The minimum atomic E-state index is 0.361. The van der Waals surface area contributed by atoms with Crippen molar-refractivity contribution in [3.8, 4) is 0 Å². The van der Waals surface area contributed by atoms with Crippen LogP contribution in [0.4, 0.5) is 0 Å². The first-order valence-corrected chi connectivity index (χ1v) is 5.93. The minimum Gasteiger partial charge on any atom is -0.0843 e. The van der Waals surface area contributed by atoms with Crippen LogP contribution < -0.4 is 0 Å². The molecule has 0 saturated heterocycles. The standard InChI is InChI=1S/C7H7Cl.Cl2P/c1-6-3-2-4-7(8)5-6;1-3-2/h2-5H,1H3;. The van der Waals surface area contributed by atoms with Crippen LogP contribution in [0.5, 0.6) is 0 Å². The predicted octanol–water partition coefficient (Wildman–Crippen LogP) is 4.89. The molecule has 1 rings (SSSR count). The SMILES string of the molecule is Cc1cccc(Cl)c1.Cl[P]Cl. The third-order valence-electron chi connectivity index (χ3n) is 0.980. The largest absolute Gasteiger partial charge is 0.141 e. The van der Waals surface area contributed by atoms with Gasteiger partial charge in [0.25, 0.3) is 0 Å². The molecule has 4 heteroatoms. The number of aryl methyl sites for hydroxylation is 1. The first-order valence-electron chi connectivity index (χ1n) is 2.85. The van der Waals surface area contributed by atoms with Crippen LogP contribution in [0, 0.1) is 6.92 Å². The maximum Gasteiger partial charge on any atom is 0.141 e. The van der Waals surface area contributed by atoms with E-state index in [-0.39, 0.29) is 0 Å². The third kappa shape index (κ3) is 6.90. The summed E-state index contributed by atoms with van der Waals surface area (Å²) >= 11 is 15.1. The van der Waals surface area contributed by atoms with E-state index >= 15 is 0 Å². The van der Waals surface area contributed by atoms with Gasteiger partial charge in [0.2, 0.25) is 0 Å². The van der Waals surface area contributed by atoms with Crippen molar-refractivity contribution in [1.29, 1.82) is 0 Å². The summed E-state index contributed by atoms with van der Waals surface area (Å²) in [4.78, 5) is 0. The maximum atomic E-state index is 5.64. The molecule has 11 heavy (non-hydrogen) atoms. The fourth-order valence-corrected chi connectivity index (χ4v) is 0.850. The van der Waals surface area contributed by atoms with Crippen molar-refractivity contribution < 1.29 is 0 Å². The molecule has 0 unspecified atom stereocenters. The summed E-state index contributed by atoms with van der Waals surface area (Å²) < 4.78 is 0. The summed E-state index contributed by atoms with van der Waals surface area (Å²) in [5.74, 6) is 0. The van der Waals surface area contributed by atoms with Gasteiger partial charge in [-0.05, 0) is 24.6 Å². The second-order valence-corrected chi connectivity index (χ2v) is 3.96. The number of hydrogen-bond acceptors (Lipinski definition) is 0. The maximum absolute atomic E-state index is 5.64. The van der Waals surface area contributed by atoms with E-state index in [9.17, 15) is 0 Å². The molecule has 0 heterocycles. The van der Waals surface area contributed by atoms with Gasteiger partial charge in [-0.15, -0.1) is 0 Å². The summed E-state index contributed by atoms with van der Waals surface area (Å²) in [7, 11) is 0.361. The molecule has 0 N–H and O–H groups in total. The van der Waals surface area contributed by atoms with Gasteiger partial charge in [0.15, 0.2) is 0 Å². The Morgan fingerprint density at radius 2 is 1.82 bits per heavy atom. The van der Waals surface area contributed by atoms with Crippen LogP contribution in [0.1, 0.15) is 5.56 Å². The molecule has 0 fully saturated rings. The topological polar surface area (TPSA) is 0 Å². The van der Waals surface area contributed by atoms with Gasteiger partial charge in [0, 0.05) is 5.02 Å². The molecule has 1 aromatic rings. The Balaban J connectivity index is 0.000000292. The molecule has 0 nitrogen and oxygen atoms in total. The van der Waals surface area contributed by atoms with Crippen LogP contribution in [-0.2, 0) is 0 Å². The van der Waals surface area contributed by atoms with Gasteiger partial charge in [0.1, 0.15) is 7.29 Å². The van der Waals surface area contributed by atoms with Gasteiger partial charge in [-0.2, -0.15) is 0 Å². The monoisotopic (exact) mass is 227 g/mol. The van der Waals surface area contributed by atoms with E-state index in [1.165, 1.54) is 5.56 Å². The van der Waals surface area contributed by atoms with Crippen molar-refractivity contribution in [2.24, 2.45) is 0 Å². The van der Waals surface area contributed by atoms with Crippen LogP contribution in [0.3, 0.4) is 0 Å². The molecule has 0 amide bonds. The van der Waals surface area contributed by atoms with Crippen molar-refractivity contribution in [1.82, 2.24) is 0 Å². The third-order valence-corrected chi connectivity index (χ3v) is 1.22. The highest BCUT2D eigenvalue weighted by Gasteiger charge is 1.82. The van der Waals surface area contributed by atoms with Crippen LogP contribution >= 0.6 is 41.4 Å². The number of hydrogen-bond donors (Lipinski definition) is 0. The second kappa shape index (κ2) is 7.18. The summed E-state index contributed by atoms with van der Waals surface area (Å²) in [6.45, 7) is 2.02. The van der Waals surface area contributed by atoms with Crippen LogP contribution in [0.25, 0.3) is 0 Å². The Labute approximate surface area is 83.2 Å². The molecule has 1 radical (unpaired) electrons. The van der Waals surface area contributed by atoms with Crippen LogP contribution in [0.15, 0.2) is 24.3 Å². The summed E-state index contributed by atoms with van der Waals surface area (Å²) in [6.07, 6.45) is 0. The van der Waals surface area contributed by atoms with Gasteiger partial charge in [-0.25, -0.2) is 0 Å². The molecular formula is C7H7Cl3P. The molecule has 0 saturated carbocycles. The Morgan fingerprint density at radius 1 is 1.27 bits per heavy atom. The Bertz CT molecular complexity index is 185. The number of rotatable bonds is 0. The normalized spacial score (nSPS) is 8.36. The average molecular weight is 228 g/mol. The van der Waals surface area contributed by atoms with E-state index in [0.29, 0.717) is 7.29 Å². The first-order chi connectivity index (χ1) is 5.20. The summed E-state index contributed by atoms with van der Waals surface area (Å²) in [5.41, 5.74) is 1.21. The zero-order valence-corrected chi connectivity index (χ0v) is 9.05. The molecule has 0 bridgehead atoms. The predicted molar refractivity (Wildman–Crippen MR) is 54.8 cm³/mol. The van der Waals surface area contributed by atoms with Crippen LogP contribution in [0.2, 0.25) is 5.02 Å². The van der Waals surface area contributed by atoms with Gasteiger partial charge < -0.3 is 0 Å². The lowest BCUT2D eigenvalue weighted by Gasteiger charge is -1.88. The lowest BCUT2D eigenvalue weighted by Crippen LogP contribution is -1.66. The van der Waals surface area contributed by atoms with E-state index < -0.39 is 0 Å². The number of benzene rings is 1. The van der Waals surface area contributed by atoms with Crippen molar-refractivity contribution in [2.75, 3.05) is 0 Å². The van der Waals surface area contributed by atoms with E-state index in [0.717, 1.165) is 5.02 Å². The van der Waals surface area contributed by atoms with Crippen molar-refractivity contribution in [3.05, 3.63) is 34.9 Å². The quantitative estimate of drug-likeness (QED) is 0.555. The smallest absolute Gasteiger partial charge is 0.0843 e. The molecule has 61 valence electrons. The number of halogens is 3. The minimum absolute atomic E-state index is 0.361. The average Bonchev–Trinajstić information content (AvgIpc) is 1.88. The molecule has 0 spiro atoms. The highest BCUT2D eigenvalue weighted by molar-refractivity contribution is 7.90. The fraction of sp³-hybridized carbons (Fsp3) is 0.143. The van der Waals surface area contributed by atoms with Gasteiger partial charge in [0.05, 0.1) is 0 Å². The first kappa shape index (κ1) is 11.5. The molecule has 0 aromatic heterocycles. The molecule has 0 atom stereocenters. The molecular weight excluding hydrogens is 221 g/mol. The highest BCUT2D eigenvalue weighted by atomic mass is 35.9. The summed E-state index contributed by atoms with van der Waals surface area (Å²) in [5, 5.41) is 0.810. The van der Waals surface area contributed by atoms with Gasteiger partial charge in [-0.1, -0.05) is 46.2 Å². The van der Waals surface area contributed by atoms with Crippen LogP contribution in [-0.4, -0.2) is 0 Å². The van der Waals surface area contributed by atoms with E-state index in [1.54, 1.807) is 0 Å². The lowest BCUT2D eigenvalue weighted by molar-refractivity contribution is 1.47. The Hall–Kier alpha value is 0.520. The fourth-order valence-electron chi connectivity index (χ4n) is 0.606. The zero-order valence-electron chi connectivity index (χ0n) is 5.89. The van der Waals surface area contributed by atoms with Crippen molar-refractivity contribution in [3.63, 3.8) is 0 Å². The van der Waals surface area contributed by atoms with Crippen molar-refractivity contribution >= 4 is 41.4 Å². The van der Waals surface area contributed by atoms with Crippen molar-refractivity contribution in [2.45, 2.75) is 6.92 Å². The van der Waals surface area contributed by atoms with Gasteiger partial charge in [-0.3, -0.25) is 0 Å². The Morgan fingerprint density at radius 3 is 2.09 bits per heavy atom. The molecule has 0 aliphatic rings. The molecule has 0 aliphatic carbocycles. The summed E-state index contributed by atoms with van der Waals surface area (Å²) in [6, 6.07) is 7.76. The Kier molecular flexibility index (Phi) is 7.52. The molecule has 0 aliphatic heterocycles. The van der Waals surface area contributed by atoms with Gasteiger partial charge >= 0.3 is 0 Å². The van der Waals surface area contributed by atoms with E-state index in [4.69, 9.17) is 34.1 Å². The highest BCUT2D eigenvalue weighted by Crippen LogP contribution is 2.19. The van der Waals surface area contributed by atoms with E-state index in [2.05, 4.69) is 0 Å². The van der Waals surface area contributed by atoms with E-state index in [1.807, 2.05) is 31.2 Å². The second-order valence-electron chi connectivity index (χ2n) is 1.86.